The van der Waals surface area contributed by atoms with Gasteiger partial charge in [0.2, 0.25) is 5.91 Å². The zero-order chi connectivity index (χ0) is 16.2. The van der Waals surface area contributed by atoms with Gasteiger partial charge in [0.25, 0.3) is 5.91 Å². The smallest absolute Gasteiger partial charge is 0.338 e. The Kier molecular flexibility index (Phi) is 4.09. The minimum Gasteiger partial charge on any atom is -0.452 e. The second-order valence-corrected chi connectivity index (χ2v) is 4.92. The fourth-order valence-corrected chi connectivity index (χ4v) is 2.26. The summed E-state index contributed by atoms with van der Waals surface area (Å²) < 4.78 is 6.37. The average molecular weight is 315 g/mol. The topological polar surface area (TPSA) is 107 Å². The Balaban J connectivity index is 1.63. The Labute approximate surface area is 130 Å². The minimum atomic E-state index is -0.653. The Morgan fingerprint density at radius 1 is 1.30 bits per heavy atom. The number of hydrogen-bond donors (Lipinski definition) is 0. The Hall–Kier alpha value is -3.10. The Morgan fingerprint density at radius 3 is 2.87 bits per heavy atom. The van der Waals surface area contributed by atoms with E-state index in [9.17, 15) is 14.4 Å². The van der Waals surface area contributed by atoms with Gasteiger partial charge < -0.3 is 4.74 Å². The number of nitrogens with zero attached hydrogens (tertiary/aromatic N) is 5. The molecular weight excluding hydrogens is 302 g/mol. The number of esters is 1. The van der Waals surface area contributed by atoms with Crippen molar-refractivity contribution in [2.24, 2.45) is 0 Å². The summed E-state index contributed by atoms with van der Waals surface area (Å²) in [6.07, 6.45) is 2.40. The molecule has 9 nitrogen and oxygen atoms in total. The number of rotatable bonds is 4. The third-order valence-electron chi connectivity index (χ3n) is 3.40. The lowest BCUT2D eigenvalue weighted by atomic mass is 10.2. The number of carbonyl (C=O) groups is 3. The molecule has 2 amide bonds. The zero-order valence-electron chi connectivity index (χ0n) is 12.1. The van der Waals surface area contributed by atoms with Gasteiger partial charge in [-0.1, -0.05) is 6.07 Å². The van der Waals surface area contributed by atoms with Crippen molar-refractivity contribution in [2.45, 2.75) is 12.8 Å². The van der Waals surface area contributed by atoms with Crippen LogP contribution in [0.4, 0.5) is 0 Å². The molecule has 1 aromatic heterocycles. The highest BCUT2D eigenvalue weighted by Crippen LogP contribution is 2.12. The molecule has 9 heteroatoms. The van der Waals surface area contributed by atoms with Crippen LogP contribution in [0.3, 0.4) is 0 Å². The first kappa shape index (κ1) is 14.8. The molecule has 23 heavy (non-hydrogen) atoms. The summed E-state index contributed by atoms with van der Waals surface area (Å²) in [5.41, 5.74) is 0.851. The van der Waals surface area contributed by atoms with Crippen LogP contribution in [0, 0.1) is 0 Å². The normalized spacial score (nSPS) is 14.1. The third-order valence-corrected chi connectivity index (χ3v) is 3.40. The number of aromatic nitrogens is 4. The lowest BCUT2D eigenvalue weighted by Crippen LogP contribution is -2.35. The van der Waals surface area contributed by atoms with E-state index in [1.165, 1.54) is 11.0 Å². The van der Waals surface area contributed by atoms with Crippen molar-refractivity contribution < 1.29 is 19.1 Å². The maximum atomic E-state index is 12.0. The zero-order valence-corrected chi connectivity index (χ0v) is 12.1. The molecular formula is C14H13N5O4. The predicted molar refractivity (Wildman–Crippen MR) is 75.4 cm³/mol. The largest absolute Gasteiger partial charge is 0.452 e. The summed E-state index contributed by atoms with van der Waals surface area (Å²) in [4.78, 5) is 36.4. The quantitative estimate of drug-likeness (QED) is 0.729. The molecule has 0 atom stereocenters. The van der Waals surface area contributed by atoms with Crippen molar-refractivity contribution in [1.29, 1.82) is 0 Å². The highest BCUT2D eigenvalue weighted by atomic mass is 16.5. The van der Waals surface area contributed by atoms with Crippen molar-refractivity contribution in [3.63, 3.8) is 0 Å². The van der Waals surface area contributed by atoms with Crippen LogP contribution in [0.15, 0.2) is 30.6 Å². The number of hydrogen-bond acceptors (Lipinski definition) is 7. The summed E-state index contributed by atoms with van der Waals surface area (Å²) >= 11 is 0. The summed E-state index contributed by atoms with van der Waals surface area (Å²) in [5, 5.41) is 10.8. The molecule has 2 heterocycles. The minimum absolute atomic E-state index is 0.230. The Morgan fingerprint density at radius 2 is 2.17 bits per heavy atom. The van der Waals surface area contributed by atoms with Gasteiger partial charge in [-0.05, 0) is 35.0 Å². The van der Waals surface area contributed by atoms with E-state index in [2.05, 4.69) is 15.5 Å². The molecule has 0 saturated carbocycles. The van der Waals surface area contributed by atoms with Gasteiger partial charge in [0, 0.05) is 13.0 Å². The van der Waals surface area contributed by atoms with E-state index < -0.39 is 18.5 Å². The highest BCUT2D eigenvalue weighted by molar-refractivity contribution is 5.98. The van der Waals surface area contributed by atoms with Gasteiger partial charge in [0.05, 0.1) is 11.3 Å². The molecule has 3 rings (SSSR count). The molecule has 0 unspecified atom stereocenters. The van der Waals surface area contributed by atoms with Crippen LogP contribution in [0.5, 0.6) is 0 Å². The van der Waals surface area contributed by atoms with Crippen LogP contribution in [0.1, 0.15) is 23.2 Å². The number of tetrazole rings is 1. The van der Waals surface area contributed by atoms with Crippen LogP contribution >= 0.6 is 0 Å². The fourth-order valence-electron chi connectivity index (χ4n) is 2.26. The molecule has 0 aliphatic carbocycles. The molecule has 2 aromatic rings. The van der Waals surface area contributed by atoms with E-state index in [1.54, 1.807) is 24.3 Å². The number of likely N-dealkylation sites (tertiary alicyclic amines) is 1. The van der Waals surface area contributed by atoms with Crippen LogP contribution < -0.4 is 0 Å². The first-order chi connectivity index (χ1) is 11.1. The fraction of sp³-hybridized carbons (Fsp3) is 0.286. The van der Waals surface area contributed by atoms with Crippen LogP contribution in [-0.4, -0.2) is 56.0 Å². The number of amides is 2. The van der Waals surface area contributed by atoms with Gasteiger partial charge in [0.15, 0.2) is 6.61 Å². The average Bonchev–Trinajstić information content (AvgIpc) is 3.24. The molecule has 0 bridgehead atoms. The van der Waals surface area contributed by atoms with Crippen molar-refractivity contribution in [1.82, 2.24) is 25.1 Å². The SMILES string of the molecule is O=C(OCC(=O)N1CCCC1=O)c1cccc(-n2cnnn2)c1. The molecule has 1 aliphatic heterocycles. The van der Waals surface area contributed by atoms with Crippen molar-refractivity contribution in [2.75, 3.05) is 13.2 Å². The third kappa shape index (κ3) is 3.23. The standard InChI is InChI=1S/C14H13N5O4/c20-12-5-2-6-18(12)13(21)8-23-14(22)10-3-1-4-11(7-10)19-9-15-16-17-19/h1,3-4,7,9H,2,5-6,8H2. The van der Waals surface area contributed by atoms with E-state index in [1.807, 2.05) is 0 Å². The molecule has 0 radical (unpaired) electrons. The molecule has 1 aliphatic rings. The second-order valence-electron chi connectivity index (χ2n) is 4.92. The molecule has 1 aromatic carbocycles. The molecule has 1 fully saturated rings. The van der Waals surface area contributed by atoms with E-state index >= 15 is 0 Å². The number of imide groups is 1. The summed E-state index contributed by atoms with van der Waals surface area (Å²) in [5.74, 6) is -1.39. The summed E-state index contributed by atoms with van der Waals surface area (Å²) in [7, 11) is 0. The monoisotopic (exact) mass is 315 g/mol. The first-order valence-corrected chi connectivity index (χ1v) is 6.99. The van der Waals surface area contributed by atoms with E-state index in [4.69, 9.17) is 4.74 Å². The van der Waals surface area contributed by atoms with Crippen molar-refractivity contribution in [3.8, 4) is 5.69 Å². The first-order valence-electron chi connectivity index (χ1n) is 6.99. The second kappa shape index (κ2) is 6.34. The maximum Gasteiger partial charge on any atom is 0.338 e. The van der Waals surface area contributed by atoms with Crippen molar-refractivity contribution >= 4 is 17.8 Å². The summed E-state index contributed by atoms with van der Waals surface area (Å²) in [6, 6.07) is 6.48. The lowest BCUT2D eigenvalue weighted by Gasteiger charge is -2.13. The van der Waals surface area contributed by atoms with Gasteiger partial charge in [-0.25, -0.2) is 9.48 Å². The van der Waals surface area contributed by atoms with E-state index in [-0.39, 0.29) is 11.5 Å². The highest BCUT2D eigenvalue weighted by Gasteiger charge is 2.27. The number of ether oxygens (including phenoxy) is 1. The number of benzene rings is 1. The van der Waals surface area contributed by atoms with Gasteiger partial charge in [-0.15, -0.1) is 5.10 Å². The molecule has 118 valence electrons. The predicted octanol–water partition coefficient (Wildman–Crippen LogP) is -0.0319. The van der Waals surface area contributed by atoms with Crippen LogP contribution in [-0.2, 0) is 14.3 Å². The van der Waals surface area contributed by atoms with E-state index in [0.29, 0.717) is 25.1 Å². The maximum absolute atomic E-state index is 12.0. The van der Waals surface area contributed by atoms with Gasteiger partial charge in [-0.2, -0.15) is 0 Å². The van der Waals surface area contributed by atoms with Gasteiger partial charge >= 0.3 is 5.97 Å². The molecule has 1 saturated heterocycles. The van der Waals surface area contributed by atoms with Crippen LogP contribution in [0.2, 0.25) is 0 Å². The van der Waals surface area contributed by atoms with Crippen molar-refractivity contribution in [3.05, 3.63) is 36.2 Å². The lowest BCUT2D eigenvalue weighted by molar-refractivity contribution is -0.143. The molecule has 0 N–H and O–H groups in total. The van der Waals surface area contributed by atoms with E-state index in [0.717, 1.165) is 4.90 Å². The van der Waals surface area contributed by atoms with Gasteiger partial charge in [0.1, 0.15) is 6.33 Å². The molecule has 0 spiro atoms. The van der Waals surface area contributed by atoms with Gasteiger partial charge in [-0.3, -0.25) is 14.5 Å². The number of carbonyl (C=O) groups excluding carboxylic acids is 3. The Bertz CT molecular complexity index is 743. The summed E-state index contributed by atoms with van der Waals surface area (Å²) in [6.45, 7) is -0.0797. The van der Waals surface area contributed by atoms with Crippen LogP contribution in [0.25, 0.3) is 5.69 Å².